The van der Waals surface area contributed by atoms with E-state index in [0.717, 1.165) is 53.5 Å². The van der Waals surface area contributed by atoms with Crippen molar-refractivity contribution in [3.63, 3.8) is 0 Å². The summed E-state index contributed by atoms with van der Waals surface area (Å²) in [5.74, 6) is 0.789. The molecule has 9 nitrogen and oxygen atoms in total. The van der Waals surface area contributed by atoms with Gasteiger partial charge in [0.15, 0.2) is 0 Å². The first kappa shape index (κ1) is 24.3. The zero-order valence-electron chi connectivity index (χ0n) is 20.8. The van der Waals surface area contributed by atoms with Gasteiger partial charge in [-0.05, 0) is 31.4 Å². The van der Waals surface area contributed by atoms with Crippen LogP contribution in [-0.2, 0) is 25.9 Å². The molecule has 1 aliphatic carbocycles. The second-order valence-corrected chi connectivity index (χ2v) is 10.1. The fourth-order valence-electron chi connectivity index (χ4n) is 5.98. The van der Waals surface area contributed by atoms with Gasteiger partial charge in [-0.15, -0.1) is 0 Å². The number of nitro benzene ring substituents is 1. The summed E-state index contributed by atoms with van der Waals surface area (Å²) < 4.78 is 6.15. The molecule has 0 saturated carbocycles. The maximum absolute atomic E-state index is 12.0. The summed E-state index contributed by atoms with van der Waals surface area (Å²) in [6.45, 7) is 1.93. The third-order valence-corrected chi connectivity index (χ3v) is 7.78. The molecule has 0 unspecified atom stereocenters. The third-order valence-electron chi connectivity index (χ3n) is 7.78. The molecule has 0 bridgehead atoms. The van der Waals surface area contributed by atoms with Crippen molar-refractivity contribution in [1.29, 1.82) is 0 Å². The van der Waals surface area contributed by atoms with E-state index in [0.29, 0.717) is 37.3 Å². The first-order chi connectivity index (χ1) is 18.4. The minimum Gasteiger partial charge on any atom is -0.508 e. The van der Waals surface area contributed by atoms with E-state index in [1.54, 1.807) is 24.3 Å². The van der Waals surface area contributed by atoms with Gasteiger partial charge in [0, 0.05) is 60.2 Å². The van der Waals surface area contributed by atoms with E-state index in [9.17, 15) is 25.4 Å². The van der Waals surface area contributed by atoms with E-state index in [1.165, 1.54) is 6.07 Å². The zero-order chi connectivity index (χ0) is 26.4. The van der Waals surface area contributed by atoms with Crippen molar-refractivity contribution >= 4 is 16.7 Å². The van der Waals surface area contributed by atoms with Crippen LogP contribution >= 0.6 is 0 Å². The molecule has 1 fully saturated rings. The largest absolute Gasteiger partial charge is 0.508 e. The van der Waals surface area contributed by atoms with Crippen molar-refractivity contribution < 1.29 is 24.7 Å². The number of aryl methyl sites for hydroxylation is 2. The molecule has 196 valence electrons. The van der Waals surface area contributed by atoms with Gasteiger partial charge in [-0.1, -0.05) is 36.4 Å². The Bertz CT molecular complexity index is 1480. The smallest absolute Gasteiger partial charge is 0.314 e. The maximum Gasteiger partial charge on any atom is 0.314 e. The fraction of sp³-hybridized carbons (Fsp3) is 0.310. The highest BCUT2D eigenvalue weighted by atomic mass is 16.6. The quantitative estimate of drug-likeness (QED) is 0.232. The molecular weight excluding hydrogens is 486 g/mol. The lowest BCUT2D eigenvalue weighted by Crippen LogP contribution is -2.31. The maximum atomic E-state index is 12.0. The molecule has 1 aliphatic heterocycles. The summed E-state index contributed by atoms with van der Waals surface area (Å²) in [5, 5.41) is 45.2. The third kappa shape index (κ3) is 4.13. The fourth-order valence-corrected chi connectivity index (χ4v) is 5.98. The average Bonchev–Trinajstić information content (AvgIpc) is 3.47. The zero-order valence-corrected chi connectivity index (χ0v) is 20.8. The molecule has 0 amide bonds. The topological polar surface area (TPSA) is 123 Å². The SMILES string of the molecule is O=[N+]([O-])c1cc2oc3c(c2c(C2N(Cc4ccccc4O)CCN2Cc2ccccc2O)c1O)CCCC3. The number of rotatable bonds is 6. The van der Waals surface area contributed by atoms with Crippen LogP contribution in [0.2, 0.25) is 0 Å². The molecule has 3 aromatic carbocycles. The Balaban J connectivity index is 1.54. The predicted octanol–water partition coefficient (Wildman–Crippen LogP) is 5.35. The van der Waals surface area contributed by atoms with E-state index < -0.39 is 16.8 Å². The van der Waals surface area contributed by atoms with Crippen LogP contribution in [0.25, 0.3) is 11.0 Å². The van der Waals surface area contributed by atoms with E-state index >= 15 is 0 Å². The highest BCUT2D eigenvalue weighted by Gasteiger charge is 2.40. The van der Waals surface area contributed by atoms with Crippen LogP contribution in [-0.4, -0.2) is 43.1 Å². The van der Waals surface area contributed by atoms with Gasteiger partial charge in [0.25, 0.3) is 0 Å². The van der Waals surface area contributed by atoms with Crippen LogP contribution in [0.1, 0.15) is 47.0 Å². The Hall–Kier alpha value is -4.08. The number of aromatic hydroxyl groups is 3. The number of hydrogen-bond donors (Lipinski definition) is 3. The minimum atomic E-state index is -0.574. The van der Waals surface area contributed by atoms with Gasteiger partial charge < -0.3 is 19.7 Å². The first-order valence-electron chi connectivity index (χ1n) is 12.9. The highest BCUT2D eigenvalue weighted by Crippen LogP contribution is 2.49. The van der Waals surface area contributed by atoms with Crippen LogP contribution in [0, 0.1) is 10.1 Å². The number of nitro groups is 1. The summed E-state index contributed by atoms with van der Waals surface area (Å²) in [7, 11) is 0. The summed E-state index contributed by atoms with van der Waals surface area (Å²) in [6, 6.07) is 15.5. The molecule has 9 heteroatoms. The van der Waals surface area contributed by atoms with Crippen LogP contribution in [0.15, 0.2) is 59.0 Å². The number of phenols is 3. The van der Waals surface area contributed by atoms with Crippen molar-refractivity contribution in [2.24, 2.45) is 0 Å². The number of phenolic OH excluding ortho intramolecular Hbond substituents is 3. The van der Waals surface area contributed by atoms with Gasteiger partial charge >= 0.3 is 5.69 Å². The van der Waals surface area contributed by atoms with Gasteiger partial charge in [0.05, 0.1) is 17.2 Å². The van der Waals surface area contributed by atoms with Crippen LogP contribution in [0.5, 0.6) is 17.2 Å². The van der Waals surface area contributed by atoms with E-state index in [1.807, 2.05) is 24.3 Å². The number of fused-ring (bicyclic) bond motifs is 3. The summed E-state index contributed by atoms with van der Waals surface area (Å²) in [5.41, 5.74) is 2.91. The van der Waals surface area contributed by atoms with Gasteiger partial charge in [0.1, 0.15) is 22.8 Å². The molecule has 2 aliphatic rings. The molecule has 6 rings (SSSR count). The van der Waals surface area contributed by atoms with Gasteiger partial charge in [0.2, 0.25) is 5.75 Å². The van der Waals surface area contributed by atoms with Crippen molar-refractivity contribution in [2.45, 2.75) is 44.9 Å². The molecule has 4 aromatic rings. The van der Waals surface area contributed by atoms with Gasteiger partial charge in [-0.2, -0.15) is 0 Å². The van der Waals surface area contributed by atoms with Gasteiger partial charge in [-0.3, -0.25) is 19.9 Å². The van der Waals surface area contributed by atoms with Crippen molar-refractivity contribution in [3.05, 3.63) is 92.7 Å². The van der Waals surface area contributed by atoms with Crippen molar-refractivity contribution in [2.75, 3.05) is 13.1 Å². The standard InChI is InChI=1S/C29H29N3O6/c33-22-10-4-1-7-18(22)16-30-13-14-31(17-19-8-2-5-11-23(19)34)29(30)27-26-20-9-3-6-12-24(20)38-25(26)15-21(28(27)35)32(36)37/h1-2,4-5,7-8,10-11,15,29,33-35H,3,6,9,12-14,16-17H2. The molecular formula is C29H29N3O6. The normalized spacial score (nSPS) is 16.7. The minimum absolute atomic E-state index is 0.166. The summed E-state index contributed by atoms with van der Waals surface area (Å²) >= 11 is 0. The van der Waals surface area contributed by atoms with E-state index in [2.05, 4.69) is 9.80 Å². The Labute approximate surface area is 219 Å². The Morgan fingerprint density at radius 1 is 0.895 bits per heavy atom. The predicted molar refractivity (Wildman–Crippen MR) is 141 cm³/mol. The number of hydrogen-bond acceptors (Lipinski definition) is 8. The monoisotopic (exact) mass is 515 g/mol. The van der Waals surface area contributed by atoms with Crippen molar-refractivity contribution in [1.82, 2.24) is 9.80 Å². The molecule has 0 atom stereocenters. The lowest BCUT2D eigenvalue weighted by molar-refractivity contribution is -0.385. The second kappa shape index (κ2) is 9.66. The van der Waals surface area contributed by atoms with Crippen LogP contribution in [0.3, 0.4) is 0 Å². The number of para-hydroxylation sites is 2. The number of nitrogens with zero attached hydrogens (tertiary/aromatic N) is 3. The second-order valence-electron chi connectivity index (χ2n) is 10.1. The molecule has 0 radical (unpaired) electrons. The molecule has 2 heterocycles. The molecule has 1 saturated heterocycles. The Morgan fingerprint density at radius 2 is 1.47 bits per heavy atom. The summed E-state index contributed by atoms with van der Waals surface area (Å²) in [4.78, 5) is 15.7. The Kier molecular flexibility index (Phi) is 6.17. The molecule has 0 spiro atoms. The van der Waals surface area contributed by atoms with E-state index in [4.69, 9.17) is 4.42 Å². The molecule has 3 N–H and O–H groups in total. The summed E-state index contributed by atoms with van der Waals surface area (Å²) in [6.07, 6.45) is 2.94. The highest BCUT2D eigenvalue weighted by molar-refractivity contribution is 5.91. The lowest BCUT2D eigenvalue weighted by atomic mass is 9.92. The van der Waals surface area contributed by atoms with E-state index in [-0.39, 0.29) is 17.2 Å². The first-order valence-corrected chi connectivity index (χ1v) is 12.9. The lowest BCUT2D eigenvalue weighted by Gasteiger charge is -2.32. The number of benzene rings is 3. The van der Waals surface area contributed by atoms with Crippen LogP contribution in [0.4, 0.5) is 5.69 Å². The van der Waals surface area contributed by atoms with Crippen molar-refractivity contribution in [3.8, 4) is 17.2 Å². The average molecular weight is 516 g/mol. The molecule has 38 heavy (non-hydrogen) atoms. The van der Waals surface area contributed by atoms with Gasteiger partial charge in [-0.25, -0.2) is 0 Å². The van der Waals surface area contributed by atoms with Crippen LogP contribution < -0.4 is 0 Å². The number of furan rings is 1. The molecule has 1 aromatic heterocycles. The Morgan fingerprint density at radius 3 is 2.05 bits per heavy atom.